The molecule has 0 atom stereocenters. The van der Waals surface area contributed by atoms with Gasteiger partial charge < -0.3 is 5.21 Å². The van der Waals surface area contributed by atoms with Crippen molar-refractivity contribution in [1.82, 2.24) is 9.97 Å². The molecule has 0 saturated carbocycles. The number of aryl methyl sites for hydroxylation is 1. The average molecular weight is 670 g/mol. The first-order chi connectivity index (χ1) is 22.0. The lowest BCUT2D eigenvalue weighted by Crippen LogP contribution is -2.29. The van der Waals surface area contributed by atoms with Crippen molar-refractivity contribution in [3.05, 3.63) is 114 Å². The zero-order valence-corrected chi connectivity index (χ0v) is 28.3. The standard InChI is InChI=1S/C35H31N3O5S3/c1-22-11-12-27(21-38(22)39)34-37-32(23-13-15-29(16-14-23)45-43-42-4)33(44-34)26-9-6-8-24(18-26)30-20-28(35(2,3)46(5,40)41)19-25-10-7-17-36-31(25)30/h6-21H,1-5H3. The Balaban J connectivity index is 1.52. The Morgan fingerprint density at radius 3 is 2.37 bits per heavy atom. The van der Waals surface area contributed by atoms with E-state index in [9.17, 15) is 13.6 Å². The van der Waals surface area contributed by atoms with E-state index in [1.807, 2.05) is 72.8 Å². The summed E-state index contributed by atoms with van der Waals surface area (Å²) in [7, 11) is -1.96. The molecular weight excluding hydrogens is 639 g/mol. The predicted molar refractivity (Wildman–Crippen MR) is 185 cm³/mol. The van der Waals surface area contributed by atoms with E-state index in [-0.39, 0.29) is 0 Å². The number of benzene rings is 3. The molecule has 0 fully saturated rings. The van der Waals surface area contributed by atoms with Gasteiger partial charge in [0.05, 0.1) is 45.6 Å². The van der Waals surface area contributed by atoms with E-state index in [0.717, 1.165) is 71.0 Å². The molecular formula is C35H31N3O5S3. The molecule has 46 heavy (non-hydrogen) atoms. The number of nitrogens with zero attached hydrogens (tertiary/aromatic N) is 3. The minimum atomic E-state index is -3.42. The van der Waals surface area contributed by atoms with E-state index in [1.165, 1.54) is 24.7 Å². The summed E-state index contributed by atoms with van der Waals surface area (Å²) in [6, 6.07) is 27.3. The van der Waals surface area contributed by atoms with Crippen LogP contribution in [-0.2, 0) is 23.8 Å². The second-order valence-corrected chi connectivity index (χ2v) is 15.7. The molecule has 0 bridgehead atoms. The molecule has 3 aromatic carbocycles. The minimum absolute atomic E-state index is 0.599. The lowest BCUT2D eigenvalue weighted by molar-refractivity contribution is -0.611. The Morgan fingerprint density at radius 1 is 0.913 bits per heavy atom. The van der Waals surface area contributed by atoms with Crippen LogP contribution in [0.15, 0.2) is 102 Å². The maximum absolute atomic E-state index is 12.8. The zero-order valence-electron chi connectivity index (χ0n) is 25.8. The Bertz CT molecular complexity index is 2180. The van der Waals surface area contributed by atoms with Crippen LogP contribution in [0.1, 0.15) is 25.1 Å². The third kappa shape index (κ3) is 6.16. The first-order valence-electron chi connectivity index (χ1n) is 14.3. The van der Waals surface area contributed by atoms with Gasteiger partial charge in [0.2, 0.25) is 0 Å². The van der Waals surface area contributed by atoms with Crippen LogP contribution >= 0.6 is 23.4 Å². The fraction of sp³-hybridized carbons (Fsp3) is 0.171. The lowest BCUT2D eigenvalue weighted by Gasteiger charge is -2.24. The maximum Gasteiger partial charge on any atom is 0.190 e. The number of sulfone groups is 1. The zero-order chi connectivity index (χ0) is 32.6. The van der Waals surface area contributed by atoms with Gasteiger partial charge in [-0.15, -0.1) is 11.3 Å². The monoisotopic (exact) mass is 669 g/mol. The van der Waals surface area contributed by atoms with E-state index in [1.54, 1.807) is 39.2 Å². The molecule has 234 valence electrons. The number of fused-ring (bicyclic) bond motifs is 1. The van der Waals surface area contributed by atoms with Crippen LogP contribution in [0.4, 0.5) is 0 Å². The van der Waals surface area contributed by atoms with Crippen molar-refractivity contribution in [2.45, 2.75) is 30.4 Å². The Kier molecular flexibility index (Phi) is 8.70. The topological polar surface area (TPSA) is 105 Å². The number of thiazole rings is 1. The van der Waals surface area contributed by atoms with E-state index >= 15 is 0 Å². The molecule has 0 aliphatic rings. The van der Waals surface area contributed by atoms with Crippen molar-refractivity contribution >= 4 is 44.1 Å². The average Bonchev–Trinajstić information content (AvgIpc) is 3.50. The largest absolute Gasteiger partial charge is 0.618 e. The molecule has 3 heterocycles. The number of hydrogen-bond acceptors (Lipinski definition) is 9. The Labute approximate surface area is 276 Å². The fourth-order valence-electron chi connectivity index (χ4n) is 5.06. The lowest BCUT2D eigenvalue weighted by atomic mass is 9.92. The highest BCUT2D eigenvalue weighted by Gasteiger charge is 2.33. The highest BCUT2D eigenvalue weighted by atomic mass is 32.2. The van der Waals surface area contributed by atoms with Gasteiger partial charge in [-0.2, -0.15) is 9.06 Å². The second kappa shape index (κ2) is 12.6. The predicted octanol–water partition coefficient (Wildman–Crippen LogP) is 8.17. The van der Waals surface area contributed by atoms with Crippen molar-refractivity contribution in [3.63, 3.8) is 0 Å². The van der Waals surface area contributed by atoms with Gasteiger partial charge in [-0.1, -0.05) is 36.4 Å². The summed E-state index contributed by atoms with van der Waals surface area (Å²) in [5.74, 6) is 0. The quantitative estimate of drug-likeness (QED) is 0.0499. The SMILES string of the molecule is COOSc1ccc(-c2nc(-c3ccc(C)[n+]([O-])c3)sc2-c2cccc(-c3cc(C(C)(C)S(C)(=O)=O)cc4cccnc34)c2)cc1. The van der Waals surface area contributed by atoms with Gasteiger partial charge >= 0.3 is 0 Å². The molecule has 8 nitrogen and oxygen atoms in total. The molecule has 0 unspecified atom stereocenters. The summed E-state index contributed by atoms with van der Waals surface area (Å²) in [6.45, 7) is 5.22. The smallest absolute Gasteiger partial charge is 0.190 e. The third-order valence-corrected chi connectivity index (χ3v) is 12.0. The third-order valence-electron chi connectivity index (χ3n) is 8.07. The van der Waals surface area contributed by atoms with E-state index in [0.29, 0.717) is 16.3 Å². The van der Waals surface area contributed by atoms with Gasteiger partial charge in [0.15, 0.2) is 21.7 Å². The van der Waals surface area contributed by atoms with Gasteiger partial charge in [0.1, 0.15) is 5.01 Å². The van der Waals surface area contributed by atoms with Gasteiger partial charge in [-0.25, -0.2) is 18.3 Å². The van der Waals surface area contributed by atoms with Crippen LogP contribution in [0.25, 0.3) is 54.3 Å². The molecule has 0 radical (unpaired) electrons. The second-order valence-electron chi connectivity index (χ2n) is 11.4. The normalized spacial score (nSPS) is 12.1. The number of aromatic nitrogens is 3. The summed E-state index contributed by atoms with van der Waals surface area (Å²) in [4.78, 5) is 16.2. The first-order valence-corrected chi connectivity index (χ1v) is 17.8. The number of rotatable bonds is 9. The van der Waals surface area contributed by atoms with Gasteiger partial charge in [0, 0.05) is 46.9 Å². The molecule has 0 saturated heterocycles. The van der Waals surface area contributed by atoms with Gasteiger partial charge in [-0.3, -0.25) is 4.98 Å². The Hall–Kier alpha value is -4.13. The van der Waals surface area contributed by atoms with E-state index in [4.69, 9.17) is 14.2 Å². The van der Waals surface area contributed by atoms with Crippen molar-refractivity contribution in [2.75, 3.05) is 13.4 Å². The van der Waals surface area contributed by atoms with Crippen LogP contribution in [-0.4, -0.2) is 31.8 Å². The number of pyridine rings is 2. The molecule has 11 heteroatoms. The van der Waals surface area contributed by atoms with Crippen molar-refractivity contribution in [1.29, 1.82) is 0 Å². The number of hydrogen-bond donors (Lipinski definition) is 0. The van der Waals surface area contributed by atoms with Crippen LogP contribution < -0.4 is 4.73 Å². The van der Waals surface area contributed by atoms with Crippen LogP contribution in [0.3, 0.4) is 0 Å². The molecule has 0 N–H and O–H groups in total. The molecule has 3 aromatic heterocycles. The molecule has 6 rings (SSSR count). The van der Waals surface area contributed by atoms with Crippen molar-refractivity contribution in [2.24, 2.45) is 0 Å². The van der Waals surface area contributed by atoms with Crippen LogP contribution in [0.5, 0.6) is 0 Å². The van der Waals surface area contributed by atoms with Gasteiger partial charge in [0.25, 0.3) is 0 Å². The van der Waals surface area contributed by atoms with Crippen molar-refractivity contribution < 1.29 is 22.4 Å². The first kappa shape index (κ1) is 31.8. The fourth-order valence-corrected chi connectivity index (χ4v) is 7.07. The molecule has 0 spiro atoms. The van der Waals surface area contributed by atoms with Crippen molar-refractivity contribution in [3.8, 4) is 43.4 Å². The highest BCUT2D eigenvalue weighted by Crippen LogP contribution is 2.43. The summed E-state index contributed by atoms with van der Waals surface area (Å²) in [5.41, 5.74) is 7.12. The summed E-state index contributed by atoms with van der Waals surface area (Å²) in [5, 5.41) is 14.0. The molecule has 0 amide bonds. The highest BCUT2D eigenvalue weighted by molar-refractivity contribution is 7.94. The maximum atomic E-state index is 12.8. The molecule has 0 aliphatic heterocycles. The van der Waals surface area contributed by atoms with E-state index in [2.05, 4.69) is 11.1 Å². The van der Waals surface area contributed by atoms with Crippen LogP contribution in [0.2, 0.25) is 0 Å². The van der Waals surface area contributed by atoms with Gasteiger partial charge in [-0.05, 0) is 73.0 Å². The molecule has 0 aliphatic carbocycles. The summed E-state index contributed by atoms with van der Waals surface area (Å²) >= 11 is 2.62. The summed E-state index contributed by atoms with van der Waals surface area (Å²) in [6.07, 6.45) is 4.56. The minimum Gasteiger partial charge on any atom is -0.618 e. The molecule has 6 aromatic rings. The summed E-state index contributed by atoms with van der Waals surface area (Å²) < 4.78 is 30.4. The van der Waals surface area contributed by atoms with Crippen LogP contribution in [0, 0.1) is 12.1 Å². The Morgan fingerprint density at radius 2 is 1.65 bits per heavy atom. The van der Waals surface area contributed by atoms with E-state index < -0.39 is 14.6 Å².